The standard InChI is InChI=1S/C16H14N2O3/c1-18-14-9-12(21-2)4-3-10(14)8-15(18)13-7-11(16(19)20)5-6-17-13/h3-9H,1-2H3,(H,19,20). The minimum atomic E-state index is -0.959. The molecule has 0 bridgehead atoms. The minimum Gasteiger partial charge on any atom is -0.497 e. The van der Waals surface area contributed by atoms with Crippen molar-refractivity contribution in [3.05, 3.63) is 48.2 Å². The zero-order valence-electron chi connectivity index (χ0n) is 11.7. The van der Waals surface area contributed by atoms with Crippen LogP contribution in [0.25, 0.3) is 22.3 Å². The number of pyridine rings is 1. The number of nitrogens with zero attached hydrogens (tertiary/aromatic N) is 2. The van der Waals surface area contributed by atoms with Gasteiger partial charge in [-0.3, -0.25) is 4.98 Å². The van der Waals surface area contributed by atoms with Crippen LogP contribution in [0.5, 0.6) is 5.75 Å². The van der Waals surface area contributed by atoms with Gasteiger partial charge in [0.1, 0.15) is 5.75 Å². The predicted octanol–water partition coefficient (Wildman–Crippen LogP) is 2.95. The second-order valence-corrected chi connectivity index (χ2v) is 4.75. The Morgan fingerprint density at radius 1 is 1.24 bits per heavy atom. The third-order valence-electron chi connectivity index (χ3n) is 3.52. The van der Waals surface area contributed by atoms with Gasteiger partial charge in [0.15, 0.2) is 0 Å². The Labute approximate surface area is 121 Å². The highest BCUT2D eigenvalue weighted by Crippen LogP contribution is 2.28. The Morgan fingerprint density at radius 2 is 2.05 bits per heavy atom. The molecule has 106 valence electrons. The molecular formula is C16H14N2O3. The van der Waals surface area contributed by atoms with Crippen molar-refractivity contribution < 1.29 is 14.6 Å². The van der Waals surface area contributed by atoms with Gasteiger partial charge in [0.25, 0.3) is 0 Å². The van der Waals surface area contributed by atoms with E-state index in [1.54, 1.807) is 13.2 Å². The molecular weight excluding hydrogens is 268 g/mol. The van der Waals surface area contributed by atoms with E-state index in [1.165, 1.54) is 12.3 Å². The van der Waals surface area contributed by atoms with E-state index >= 15 is 0 Å². The number of carboxylic acid groups (broad SMARTS) is 1. The number of aryl methyl sites for hydroxylation is 1. The predicted molar refractivity (Wildman–Crippen MR) is 79.7 cm³/mol. The van der Waals surface area contributed by atoms with E-state index in [-0.39, 0.29) is 5.56 Å². The fourth-order valence-corrected chi connectivity index (χ4v) is 2.39. The number of ether oxygens (including phenoxy) is 1. The van der Waals surface area contributed by atoms with Crippen LogP contribution in [0.2, 0.25) is 0 Å². The third-order valence-corrected chi connectivity index (χ3v) is 3.52. The molecule has 0 aliphatic carbocycles. The summed E-state index contributed by atoms with van der Waals surface area (Å²) >= 11 is 0. The first-order valence-electron chi connectivity index (χ1n) is 6.43. The van der Waals surface area contributed by atoms with E-state index in [0.717, 1.165) is 22.3 Å². The van der Waals surface area contributed by atoms with Crippen molar-refractivity contribution in [1.29, 1.82) is 0 Å². The number of benzene rings is 1. The van der Waals surface area contributed by atoms with E-state index in [0.29, 0.717) is 5.69 Å². The molecule has 21 heavy (non-hydrogen) atoms. The van der Waals surface area contributed by atoms with E-state index in [2.05, 4.69) is 4.98 Å². The summed E-state index contributed by atoms with van der Waals surface area (Å²) in [4.78, 5) is 15.3. The molecule has 5 heteroatoms. The zero-order valence-corrected chi connectivity index (χ0v) is 11.7. The van der Waals surface area contributed by atoms with Crippen molar-refractivity contribution in [3.8, 4) is 17.1 Å². The molecule has 3 aromatic rings. The summed E-state index contributed by atoms with van der Waals surface area (Å²) in [6.07, 6.45) is 1.51. The van der Waals surface area contributed by atoms with Gasteiger partial charge in [-0.25, -0.2) is 4.79 Å². The quantitative estimate of drug-likeness (QED) is 0.802. The lowest BCUT2D eigenvalue weighted by Crippen LogP contribution is -1.99. The molecule has 0 aliphatic rings. The average molecular weight is 282 g/mol. The van der Waals surface area contributed by atoms with Crippen LogP contribution in [0.15, 0.2) is 42.6 Å². The molecule has 0 unspecified atom stereocenters. The Morgan fingerprint density at radius 3 is 2.76 bits per heavy atom. The molecule has 0 saturated heterocycles. The number of hydrogen-bond acceptors (Lipinski definition) is 3. The number of rotatable bonds is 3. The Hall–Kier alpha value is -2.82. The zero-order chi connectivity index (χ0) is 15.0. The fourth-order valence-electron chi connectivity index (χ4n) is 2.39. The maximum absolute atomic E-state index is 11.1. The molecule has 0 atom stereocenters. The van der Waals surface area contributed by atoms with Gasteiger partial charge in [-0.2, -0.15) is 0 Å². The van der Waals surface area contributed by atoms with E-state index in [4.69, 9.17) is 9.84 Å². The van der Waals surface area contributed by atoms with Gasteiger partial charge >= 0.3 is 5.97 Å². The summed E-state index contributed by atoms with van der Waals surface area (Å²) in [5, 5.41) is 10.1. The van der Waals surface area contributed by atoms with Crippen LogP contribution in [0, 0.1) is 0 Å². The molecule has 0 saturated carbocycles. The monoisotopic (exact) mass is 282 g/mol. The summed E-state index contributed by atoms with van der Waals surface area (Å²) in [5.41, 5.74) is 2.73. The van der Waals surface area contributed by atoms with Crippen LogP contribution in [0.1, 0.15) is 10.4 Å². The number of hydrogen-bond donors (Lipinski definition) is 1. The molecule has 0 spiro atoms. The lowest BCUT2D eigenvalue weighted by Gasteiger charge is -2.05. The summed E-state index contributed by atoms with van der Waals surface area (Å²) in [6, 6.07) is 10.9. The van der Waals surface area contributed by atoms with Crippen LogP contribution >= 0.6 is 0 Å². The highest BCUT2D eigenvalue weighted by Gasteiger charge is 2.12. The van der Waals surface area contributed by atoms with Crippen molar-refractivity contribution in [1.82, 2.24) is 9.55 Å². The van der Waals surface area contributed by atoms with Crippen molar-refractivity contribution in [3.63, 3.8) is 0 Å². The van der Waals surface area contributed by atoms with Crippen LogP contribution in [0.4, 0.5) is 0 Å². The first-order chi connectivity index (χ1) is 10.1. The number of carboxylic acids is 1. The molecule has 0 aliphatic heterocycles. The molecule has 1 aromatic carbocycles. The summed E-state index contributed by atoms with van der Waals surface area (Å²) in [6.45, 7) is 0. The molecule has 5 nitrogen and oxygen atoms in total. The third kappa shape index (κ3) is 2.23. The first-order valence-corrected chi connectivity index (χ1v) is 6.43. The van der Waals surface area contributed by atoms with E-state index < -0.39 is 5.97 Å². The number of aromatic nitrogens is 2. The van der Waals surface area contributed by atoms with Gasteiger partial charge in [0, 0.05) is 24.7 Å². The molecule has 2 heterocycles. The van der Waals surface area contributed by atoms with Crippen LogP contribution < -0.4 is 4.74 Å². The lowest BCUT2D eigenvalue weighted by atomic mass is 10.2. The highest BCUT2D eigenvalue weighted by molar-refractivity contribution is 5.91. The topological polar surface area (TPSA) is 64.3 Å². The Balaban J connectivity index is 2.18. The second kappa shape index (κ2) is 4.94. The number of carbonyl (C=O) groups is 1. The van der Waals surface area contributed by atoms with Crippen molar-refractivity contribution in [2.75, 3.05) is 7.11 Å². The smallest absolute Gasteiger partial charge is 0.335 e. The second-order valence-electron chi connectivity index (χ2n) is 4.75. The SMILES string of the molecule is COc1ccc2cc(-c3cc(C(=O)O)ccn3)n(C)c2c1. The lowest BCUT2D eigenvalue weighted by molar-refractivity contribution is 0.0697. The summed E-state index contributed by atoms with van der Waals surface area (Å²) in [5.74, 6) is -0.179. The van der Waals surface area contributed by atoms with Crippen LogP contribution in [0.3, 0.4) is 0 Å². The number of aromatic carboxylic acids is 1. The van der Waals surface area contributed by atoms with Gasteiger partial charge in [0.05, 0.1) is 29.6 Å². The highest BCUT2D eigenvalue weighted by atomic mass is 16.5. The van der Waals surface area contributed by atoms with E-state index in [1.807, 2.05) is 35.9 Å². The number of fused-ring (bicyclic) bond motifs is 1. The van der Waals surface area contributed by atoms with Crippen molar-refractivity contribution in [2.45, 2.75) is 0 Å². The molecule has 0 radical (unpaired) electrons. The van der Waals surface area contributed by atoms with Gasteiger partial charge in [-0.15, -0.1) is 0 Å². The van der Waals surface area contributed by atoms with Gasteiger partial charge in [-0.1, -0.05) is 0 Å². The van der Waals surface area contributed by atoms with Gasteiger partial charge in [0.2, 0.25) is 0 Å². The molecule has 0 fully saturated rings. The normalized spacial score (nSPS) is 10.8. The van der Waals surface area contributed by atoms with Crippen LogP contribution in [-0.2, 0) is 7.05 Å². The Bertz CT molecular complexity index is 837. The Kier molecular flexibility index (Phi) is 3.10. The maximum atomic E-state index is 11.1. The molecule has 1 N–H and O–H groups in total. The minimum absolute atomic E-state index is 0.225. The van der Waals surface area contributed by atoms with E-state index in [9.17, 15) is 4.79 Å². The summed E-state index contributed by atoms with van der Waals surface area (Å²) in [7, 11) is 3.55. The largest absolute Gasteiger partial charge is 0.497 e. The molecule has 0 amide bonds. The van der Waals surface area contributed by atoms with Gasteiger partial charge in [-0.05, 0) is 30.3 Å². The number of methoxy groups -OCH3 is 1. The fraction of sp³-hybridized carbons (Fsp3) is 0.125. The van der Waals surface area contributed by atoms with Crippen molar-refractivity contribution >= 4 is 16.9 Å². The average Bonchev–Trinajstić information content (AvgIpc) is 2.84. The van der Waals surface area contributed by atoms with Gasteiger partial charge < -0.3 is 14.4 Å². The molecule has 2 aromatic heterocycles. The maximum Gasteiger partial charge on any atom is 0.335 e. The van der Waals surface area contributed by atoms with Crippen LogP contribution in [-0.4, -0.2) is 27.7 Å². The summed E-state index contributed by atoms with van der Waals surface area (Å²) < 4.78 is 7.21. The first kappa shape index (κ1) is 13.2. The van der Waals surface area contributed by atoms with Crippen molar-refractivity contribution in [2.24, 2.45) is 7.05 Å². The molecule has 3 rings (SSSR count).